The second kappa shape index (κ2) is 9.63. The molecule has 160 valence electrons. The summed E-state index contributed by atoms with van der Waals surface area (Å²) >= 11 is 6.03. The maximum Gasteiger partial charge on any atom is 0.339 e. The molecule has 0 aliphatic carbocycles. The molecule has 0 fully saturated rings. The van der Waals surface area contributed by atoms with Gasteiger partial charge in [-0.05, 0) is 61.5 Å². The van der Waals surface area contributed by atoms with Gasteiger partial charge in [0.25, 0.3) is 15.9 Å². The van der Waals surface area contributed by atoms with E-state index < -0.39 is 21.9 Å². The third-order valence-electron chi connectivity index (χ3n) is 4.17. The molecule has 0 bridgehead atoms. The molecule has 2 N–H and O–H groups in total. The first-order valence-electron chi connectivity index (χ1n) is 9.26. The van der Waals surface area contributed by atoms with Crippen LogP contribution in [0.1, 0.15) is 27.6 Å². The first-order valence-corrected chi connectivity index (χ1v) is 11.1. The van der Waals surface area contributed by atoms with Gasteiger partial charge in [0, 0.05) is 16.9 Å². The zero-order valence-corrected chi connectivity index (χ0v) is 18.0. The molecule has 0 atom stereocenters. The molecular formula is C22H19ClN2O5S. The summed E-state index contributed by atoms with van der Waals surface area (Å²) in [5.41, 5.74) is 1.13. The van der Waals surface area contributed by atoms with Crippen molar-refractivity contribution in [3.8, 4) is 0 Å². The van der Waals surface area contributed by atoms with E-state index >= 15 is 0 Å². The molecule has 7 nitrogen and oxygen atoms in total. The second-order valence-electron chi connectivity index (χ2n) is 6.37. The molecule has 9 heteroatoms. The number of sulfonamides is 1. The number of nitrogens with one attached hydrogen (secondary N) is 2. The van der Waals surface area contributed by atoms with Crippen LogP contribution in [0.2, 0.25) is 5.02 Å². The van der Waals surface area contributed by atoms with Gasteiger partial charge in [0.05, 0.1) is 22.1 Å². The van der Waals surface area contributed by atoms with Gasteiger partial charge in [-0.2, -0.15) is 0 Å². The number of carbonyl (C=O) groups excluding carboxylic acids is 2. The summed E-state index contributed by atoms with van der Waals surface area (Å²) in [6.45, 7) is 1.88. The Morgan fingerprint density at radius 1 is 0.935 bits per heavy atom. The van der Waals surface area contributed by atoms with Gasteiger partial charge in [-0.3, -0.25) is 9.52 Å². The van der Waals surface area contributed by atoms with Crippen molar-refractivity contribution in [1.29, 1.82) is 0 Å². The number of hydrogen-bond acceptors (Lipinski definition) is 5. The molecule has 0 spiro atoms. The first-order chi connectivity index (χ1) is 14.8. The Morgan fingerprint density at radius 2 is 1.58 bits per heavy atom. The van der Waals surface area contributed by atoms with E-state index in [-0.39, 0.29) is 22.1 Å². The highest BCUT2D eigenvalue weighted by Gasteiger charge is 2.15. The number of esters is 1. The summed E-state index contributed by atoms with van der Waals surface area (Å²) < 4.78 is 32.2. The van der Waals surface area contributed by atoms with Gasteiger partial charge in [-0.1, -0.05) is 29.8 Å². The number of amides is 1. The molecule has 3 rings (SSSR count). The van der Waals surface area contributed by atoms with Crippen LogP contribution in [0.5, 0.6) is 0 Å². The van der Waals surface area contributed by atoms with Crippen LogP contribution in [-0.4, -0.2) is 26.9 Å². The highest BCUT2D eigenvalue weighted by molar-refractivity contribution is 7.92. The van der Waals surface area contributed by atoms with E-state index in [0.29, 0.717) is 16.9 Å². The molecule has 0 heterocycles. The highest BCUT2D eigenvalue weighted by atomic mass is 35.5. The van der Waals surface area contributed by atoms with E-state index in [1.54, 1.807) is 31.2 Å². The van der Waals surface area contributed by atoms with E-state index in [2.05, 4.69) is 10.0 Å². The first kappa shape index (κ1) is 22.3. The van der Waals surface area contributed by atoms with Crippen molar-refractivity contribution in [2.24, 2.45) is 0 Å². The molecule has 1 amide bonds. The van der Waals surface area contributed by atoms with Crippen molar-refractivity contribution >= 4 is 44.9 Å². The summed E-state index contributed by atoms with van der Waals surface area (Å²) in [6, 6.07) is 18.4. The van der Waals surface area contributed by atoms with Crippen LogP contribution < -0.4 is 10.0 Å². The van der Waals surface area contributed by atoms with Crippen molar-refractivity contribution in [1.82, 2.24) is 0 Å². The molecule has 0 radical (unpaired) electrons. The zero-order chi connectivity index (χ0) is 22.4. The fourth-order valence-corrected chi connectivity index (χ4v) is 3.95. The molecule has 0 aromatic heterocycles. The molecule has 0 unspecified atom stereocenters. The lowest BCUT2D eigenvalue weighted by molar-refractivity contribution is 0.0526. The van der Waals surface area contributed by atoms with Crippen LogP contribution in [-0.2, 0) is 14.8 Å². The minimum Gasteiger partial charge on any atom is -0.462 e. The van der Waals surface area contributed by atoms with Crippen LogP contribution in [0.3, 0.4) is 0 Å². The number of carbonyl (C=O) groups is 2. The Labute approximate surface area is 185 Å². The van der Waals surface area contributed by atoms with Gasteiger partial charge in [0.1, 0.15) is 0 Å². The van der Waals surface area contributed by atoms with Crippen molar-refractivity contribution < 1.29 is 22.7 Å². The van der Waals surface area contributed by atoms with E-state index in [9.17, 15) is 18.0 Å². The lowest BCUT2D eigenvalue weighted by atomic mass is 10.1. The normalized spacial score (nSPS) is 10.9. The zero-order valence-electron chi connectivity index (χ0n) is 16.5. The molecule has 0 saturated heterocycles. The van der Waals surface area contributed by atoms with Crippen LogP contribution in [0.4, 0.5) is 11.4 Å². The smallest absolute Gasteiger partial charge is 0.339 e. The van der Waals surface area contributed by atoms with Crippen LogP contribution in [0, 0.1) is 0 Å². The van der Waals surface area contributed by atoms with Crippen molar-refractivity contribution in [2.75, 3.05) is 16.6 Å². The minimum absolute atomic E-state index is 0.136. The molecule has 0 saturated carbocycles. The van der Waals surface area contributed by atoms with Crippen LogP contribution in [0.25, 0.3) is 0 Å². The maximum absolute atomic E-state index is 12.5. The van der Waals surface area contributed by atoms with Crippen molar-refractivity contribution in [3.05, 3.63) is 88.9 Å². The summed E-state index contributed by atoms with van der Waals surface area (Å²) in [4.78, 5) is 24.6. The molecular weight excluding hydrogens is 440 g/mol. The van der Waals surface area contributed by atoms with E-state index in [0.717, 1.165) is 0 Å². The second-order valence-corrected chi connectivity index (χ2v) is 8.45. The van der Waals surface area contributed by atoms with Crippen LogP contribution in [0.15, 0.2) is 77.7 Å². The molecule has 3 aromatic carbocycles. The Hall–Kier alpha value is -3.36. The molecule has 0 aliphatic rings. The van der Waals surface area contributed by atoms with E-state index in [1.165, 1.54) is 48.5 Å². The van der Waals surface area contributed by atoms with Gasteiger partial charge in [0.2, 0.25) is 0 Å². The Balaban J connectivity index is 1.71. The Morgan fingerprint density at radius 3 is 2.23 bits per heavy atom. The fourth-order valence-electron chi connectivity index (χ4n) is 2.67. The lowest BCUT2D eigenvalue weighted by Gasteiger charge is -2.10. The predicted octanol–water partition coefficient (Wildman–Crippen LogP) is 4.57. The average molecular weight is 459 g/mol. The SMILES string of the molecule is CCOC(=O)c1cc(NC(=O)c2ccc(NS(=O)(=O)c3ccccc3)cc2)ccc1Cl. The van der Waals surface area contributed by atoms with Gasteiger partial charge < -0.3 is 10.1 Å². The topological polar surface area (TPSA) is 102 Å². The molecule has 0 aliphatic heterocycles. The monoisotopic (exact) mass is 458 g/mol. The average Bonchev–Trinajstić information content (AvgIpc) is 2.76. The number of ether oxygens (including phenoxy) is 1. The molecule has 3 aromatic rings. The third kappa shape index (κ3) is 5.62. The fraction of sp³-hybridized carbons (Fsp3) is 0.0909. The number of hydrogen-bond donors (Lipinski definition) is 2. The number of benzene rings is 3. The predicted molar refractivity (Wildman–Crippen MR) is 119 cm³/mol. The van der Waals surface area contributed by atoms with Gasteiger partial charge >= 0.3 is 5.97 Å². The number of rotatable bonds is 7. The van der Waals surface area contributed by atoms with Crippen LogP contribution >= 0.6 is 11.6 Å². The Bertz CT molecular complexity index is 1200. The number of anilines is 2. The van der Waals surface area contributed by atoms with Crippen molar-refractivity contribution in [3.63, 3.8) is 0 Å². The van der Waals surface area contributed by atoms with Crippen molar-refractivity contribution in [2.45, 2.75) is 11.8 Å². The Kier molecular flexibility index (Phi) is 6.94. The third-order valence-corrected chi connectivity index (χ3v) is 5.90. The maximum atomic E-state index is 12.5. The van der Waals surface area contributed by atoms with Gasteiger partial charge in [0.15, 0.2) is 0 Å². The highest BCUT2D eigenvalue weighted by Crippen LogP contribution is 2.22. The van der Waals surface area contributed by atoms with Gasteiger partial charge in [-0.15, -0.1) is 0 Å². The summed E-state index contributed by atoms with van der Waals surface area (Å²) in [6.07, 6.45) is 0. The van der Waals surface area contributed by atoms with Gasteiger partial charge in [-0.25, -0.2) is 13.2 Å². The quantitative estimate of drug-likeness (QED) is 0.505. The summed E-state index contributed by atoms with van der Waals surface area (Å²) in [5, 5.41) is 2.89. The van der Waals surface area contributed by atoms with E-state index in [4.69, 9.17) is 16.3 Å². The summed E-state index contributed by atoms with van der Waals surface area (Å²) in [7, 11) is -3.72. The largest absolute Gasteiger partial charge is 0.462 e. The molecule has 31 heavy (non-hydrogen) atoms. The lowest BCUT2D eigenvalue weighted by Crippen LogP contribution is -2.14. The van der Waals surface area contributed by atoms with E-state index in [1.807, 2.05) is 0 Å². The minimum atomic E-state index is -3.72. The standard InChI is InChI=1S/C22H19ClN2O5S/c1-2-30-22(27)19-14-17(12-13-20(19)23)24-21(26)15-8-10-16(11-9-15)25-31(28,29)18-6-4-3-5-7-18/h3-14,25H,2H2,1H3,(H,24,26). The number of halogens is 1. The summed E-state index contributed by atoms with van der Waals surface area (Å²) in [5.74, 6) is -1.02.